The Kier molecular flexibility index (Phi) is 4.90. The molecule has 0 aliphatic carbocycles. The molecule has 5 aromatic rings. The minimum absolute atomic E-state index is 0.240. The van der Waals surface area contributed by atoms with E-state index in [2.05, 4.69) is 51.5 Å². The van der Waals surface area contributed by atoms with Gasteiger partial charge in [0.15, 0.2) is 5.82 Å². The third-order valence-corrected chi connectivity index (χ3v) is 5.55. The summed E-state index contributed by atoms with van der Waals surface area (Å²) >= 11 is 6.41. The molecule has 8 nitrogen and oxygen atoms in total. The quantitative estimate of drug-likeness (QED) is 0.379. The molecule has 0 amide bonds. The van der Waals surface area contributed by atoms with Gasteiger partial charge in [0.1, 0.15) is 5.82 Å². The van der Waals surface area contributed by atoms with E-state index in [1.165, 1.54) is 0 Å². The number of aromatic nitrogens is 6. The highest BCUT2D eigenvalue weighted by Crippen LogP contribution is 2.38. The molecule has 9 heteroatoms. The molecular formula is C24H22ClN7O. The van der Waals surface area contributed by atoms with Gasteiger partial charge in [-0.2, -0.15) is 4.98 Å². The lowest BCUT2D eigenvalue weighted by atomic mass is 10.0. The van der Waals surface area contributed by atoms with E-state index in [9.17, 15) is 0 Å². The van der Waals surface area contributed by atoms with Crippen LogP contribution in [-0.2, 0) is 5.54 Å². The van der Waals surface area contributed by atoms with Crippen LogP contribution in [0.25, 0.3) is 45.0 Å². The molecule has 0 unspecified atom stereocenters. The summed E-state index contributed by atoms with van der Waals surface area (Å²) in [5.41, 5.74) is 10.6. The van der Waals surface area contributed by atoms with Crippen molar-refractivity contribution >= 4 is 28.6 Å². The molecule has 0 aliphatic heterocycles. The van der Waals surface area contributed by atoms with Crippen LogP contribution in [0.2, 0.25) is 5.02 Å². The monoisotopic (exact) mass is 459 g/mol. The van der Waals surface area contributed by atoms with Crippen LogP contribution in [0.15, 0.2) is 53.3 Å². The number of anilines is 1. The second kappa shape index (κ2) is 7.67. The number of nitrogens with two attached hydrogens (primary N) is 1. The molecule has 0 fully saturated rings. The first-order chi connectivity index (χ1) is 15.7. The number of nitrogen functional groups attached to an aromatic ring is 1. The van der Waals surface area contributed by atoms with Gasteiger partial charge in [-0.1, -0.05) is 22.8 Å². The van der Waals surface area contributed by atoms with Crippen LogP contribution in [-0.4, -0.2) is 29.7 Å². The van der Waals surface area contributed by atoms with Gasteiger partial charge in [-0.25, -0.2) is 15.0 Å². The molecule has 0 saturated heterocycles. The first kappa shape index (κ1) is 21.1. The van der Waals surface area contributed by atoms with Crippen molar-refractivity contribution in [1.82, 2.24) is 29.7 Å². The Bertz CT molecular complexity index is 1480. The Morgan fingerprint density at radius 3 is 2.36 bits per heavy atom. The Morgan fingerprint density at radius 1 is 0.939 bits per heavy atom. The maximum Gasteiger partial charge on any atom is 0.258 e. The molecule has 2 aromatic carbocycles. The summed E-state index contributed by atoms with van der Waals surface area (Å²) in [6.45, 7) is 8.21. The first-order valence-electron chi connectivity index (χ1n) is 10.4. The summed E-state index contributed by atoms with van der Waals surface area (Å²) in [5, 5.41) is 4.54. The lowest BCUT2D eigenvalue weighted by Gasteiger charge is -2.25. The van der Waals surface area contributed by atoms with Gasteiger partial charge in [0, 0.05) is 34.1 Å². The summed E-state index contributed by atoms with van der Waals surface area (Å²) in [6, 6.07) is 11.7. The average molecular weight is 460 g/mol. The molecule has 166 valence electrons. The Morgan fingerprint density at radius 2 is 1.70 bits per heavy atom. The van der Waals surface area contributed by atoms with Crippen molar-refractivity contribution in [2.45, 2.75) is 33.2 Å². The minimum Gasteiger partial charge on any atom is -0.368 e. The number of fused-ring (bicyclic) bond motifs is 1. The maximum absolute atomic E-state index is 6.41. The summed E-state index contributed by atoms with van der Waals surface area (Å²) in [6.07, 6.45) is 3.41. The van der Waals surface area contributed by atoms with Crippen LogP contribution < -0.4 is 5.73 Å². The minimum atomic E-state index is -0.264. The van der Waals surface area contributed by atoms with Crippen molar-refractivity contribution in [3.63, 3.8) is 0 Å². The highest BCUT2D eigenvalue weighted by atomic mass is 35.5. The largest absolute Gasteiger partial charge is 0.368 e. The summed E-state index contributed by atoms with van der Waals surface area (Å²) in [4.78, 5) is 17.7. The fraction of sp³-hybridized carbons (Fsp3) is 0.208. The van der Waals surface area contributed by atoms with E-state index in [4.69, 9.17) is 26.8 Å². The molecular weight excluding hydrogens is 438 g/mol. The van der Waals surface area contributed by atoms with E-state index in [0.29, 0.717) is 16.7 Å². The van der Waals surface area contributed by atoms with Crippen molar-refractivity contribution in [2.75, 3.05) is 5.73 Å². The van der Waals surface area contributed by atoms with Gasteiger partial charge in [0.05, 0.1) is 16.6 Å². The zero-order valence-corrected chi connectivity index (χ0v) is 19.4. The molecule has 3 aromatic heterocycles. The highest BCUT2D eigenvalue weighted by molar-refractivity contribution is 6.31. The van der Waals surface area contributed by atoms with Gasteiger partial charge in [-0.15, -0.1) is 0 Å². The van der Waals surface area contributed by atoms with Crippen molar-refractivity contribution in [3.05, 3.63) is 59.6 Å². The molecule has 0 aliphatic rings. The van der Waals surface area contributed by atoms with Crippen LogP contribution >= 0.6 is 11.6 Å². The lowest BCUT2D eigenvalue weighted by molar-refractivity contribution is 0.412. The second-order valence-electron chi connectivity index (χ2n) is 8.81. The maximum atomic E-state index is 6.41. The number of hydrogen-bond acceptors (Lipinski definition) is 7. The van der Waals surface area contributed by atoms with Crippen LogP contribution in [0.4, 0.5) is 5.95 Å². The Labute approximate surface area is 195 Å². The molecule has 0 bridgehead atoms. The number of nitrogens with zero attached hydrogens (tertiary/aromatic N) is 6. The predicted molar refractivity (Wildman–Crippen MR) is 129 cm³/mol. The van der Waals surface area contributed by atoms with E-state index >= 15 is 0 Å². The van der Waals surface area contributed by atoms with E-state index < -0.39 is 0 Å². The van der Waals surface area contributed by atoms with Crippen LogP contribution in [0.1, 0.15) is 26.6 Å². The molecule has 2 N–H and O–H groups in total. The van der Waals surface area contributed by atoms with Crippen LogP contribution in [0, 0.1) is 6.92 Å². The fourth-order valence-electron chi connectivity index (χ4n) is 3.90. The number of hydrogen-bond donors (Lipinski definition) is 1. The topological polar surface area (TPSA) is 109 Å². The van der Waals surface area contributed by atoms with Gasteiger partial charge in [0.25, 0.3) is 5.89 Å². The number of aryl methyl sites for hydroxylation is 1. The van der Waals surface area contributed by atoms with Gasteiger partial charge in [0.2, 0.25) is 5.95 Å². The van der Waals surface area contributed by atoms with E-state index in [1.54, 1.807) is 19.3 Å². The molecule has 3 heterocycles. The van der Waals surface area contributed by atoms with Gasteiger partial charge in [-0.05, 0) is 63.6 Å². The summed E-state index contributed by atoms with van der Waals surface area (Å²) in [5.74, 6) is 1.98. The number of imidazole rings is 1. The molecule has 33 heavy (non-hydrogen) atoms. The van der Waals surface area contributed by atoms with Crippen molar-refractivity contribution in [3.8, 4) is 34.0 Å². The lowest BCUT2D eigenvalue weighted by Crippen LogP contribution is -2.22. The van der Waals surface area contributed by atoms with Crippen LogP contribution in [0.5, 0.6) is 0 Å². The molecule has 0 spiro atoms. The van der Waals surface area contributed by atoms with Gasteiger partial charge >= 0.3 is 0 Å². The SMILES string of the molecule is Cc1noc(-c2ccc(Cl)cc2-c2nc3cc(-c4cnc(N)nc4)ccc3n2C(C)(C)C)n1. The molecule has 0 saturated carbocycles. The van der Waals surface area contributed by atoms with Crippen molar-refractivity contribution < 1.29 is 4.52 Å². The Hall–Kier alpha value is -3.78. The molecule has 0 radical (unpaired) electrons. The van der Waals surface area contributed by atoms with Crippen LogP contribution in [0.3, 0.4) is 0 Å². The Balaban J connectivity index is 1.76. The van der Waals surface area contributed by atoms with Crippen molar-refractivity contribution in [1.29, 1.82) is 0 Å². The molecule has 0 atom stereocenters. The fourth-order valence-corrected chi connectivity index (χ4v) is 4.07. The smallest absolute Gasteiger partial charge is 0.258 e. The van der Waals surface area contributed by atoms with E-state index in [-0.39, 0.29) is 11.5 Å². The van der Waals surface area contributed by atoms with Gasteiger partial charge < -0.3 is 14.8 Å². The first-order valence-corrected chi connectivity index (χ1v) is 10.8. The number of benzene rings is 2. The molecule has 5 rings (SSSR count). The normalized spacial score (nSPS) is 11.9. The number of halogens is 1. The predicted octanol–water partition coefficient (Wildman–Crippen LogP) is 5.51. The second-order valence-corrected chi connectivity index (χ2v) is 9.25. The van der Waals surface area contributed by atoms with Gasteiger partial charge in [-0.3, -0.25) is 0 Å². The van der Waals surface area contributed by atoms with E-state index in [0.717, 1.165) is 39.1 Å². The summed E-state index contributed by atoms with van der Waals surface area (Å²) < 4.78 is 7.67. The highest BCUT2D eigenvalue weighted by Gasteiger charge is 2.26. The third kappa shape index (κ3) is 3.82. The van der Waals surface area contributed by atoms with Crippen molar-refractivity contribution in [2.24, 2.45) is 0 Å². The number of rotatable bonds is 3. The summed E-state index contributed by atoms with van der Waals surface area (Å²) in [7, 11) is 0. The zero-order valence-electron chi connectivity index (χ0n) is 18.7. The standard InChI is InChI=1S/C24H22ClN7O/c1-13-29-22(33-31-13)17-7-6-16(25)10-18(17)21-30-19-9-14(15-11-27-23(26)28-12-15)5-8-20(19)32(21)24(2,3)4/h5-12H,1-4H3,(H2,26,27,28). The zero-order chi connectivity index (χ0) is 23.3. The average Bonchev–Trinajstić information content (AvgIpc) is 3.37. The third-order valence-electron chi connectivity index (χ3n) is 5.31. The van der Waals surface area contributed by atoms with E-state index in [1.807, 2.05) is 30.3 Å².